The van der Waals surface area contributed by atoms with Gasteiger partial charge in [0.1, 0.15) is 6.10 Å². The largest absolute Gasteiger partial charge is 0.479 e. The van der Waals surface area contributed by atoms with Gasteiger partial charge in [-0.3, -0.25) is 4.99 Å². The van der Waals surface area contributed by atoms with Crippen molar-refractivity contribution in [3.05, 3.63) is 0 Å². The summed E-state index contributed by atoms with van der Waals surface area (Å²) in [4.78, 5) is 3.82. The molecule has 0 fully saturated rings. The van der Waals surface area contributed by atoms with Crippen LogP contribution >= 0.6 is 0 Å². The van der Waals surface area contributed by atoms with Gasteiger partial charge in [-0.1, -0.05) is 0 Å². The molecule has 2 heteroatoms. The molecule has 0 aliphatic carbocycles. The lowest BCUT2D eigenvalue weighted by Gasteiger charge is -1.94. The fraction of sp³-hybridized carbons (Fsp3) is 0.750. The van der Waals surface area contributed by atoms with Crippen LogP contribution in [0, 0.1) is 0 Å². The van der Waals surface area contributed by atoms with Gasteiger partial charge < -0.3 is 4.74 Å². The van der Waals surface area contributed by atoms with Gasteiger partial charge in [0.25, 0.3) is 0 Å². The molecule has 0 aromatic carbocycles. The third-order valence-corrected chi connectivity index (χ3v) is 0.730. The SMILES string of the molecule is C[C@H]1CN=CO1. The topological polar surface area (TPSA) is 21.6 Å². The lowest BCUT2D eigenvalue weighted by molar-refractivity contribution is 0.256. The van der Waals surface area contributed by atoms with E-state index in [0.717, 1.165) is 6.54 Å². The highest BCUT2D eigenvalue weighted by Gasteiger charge is 2.01. The van der Waals surface area contributed by atoms with Crippen LogP contribution in [0.2, 0.25) is 0 Å². The summed E-state index contributed by atoms with van der Waals surface area (Å²) in [5, 5.41) is 0. The van der Waals surface area contributed by atoms with E-state index in [9.17, 15) is 0 Å². The number of hydrogen-bond acceptors (Lipinski definition) is 2. The first-order valence-corrected chi connectivity index (χ1v) is 2.03. The minimum absolute atomic E-state index is 0.324. The van der Waals surface area contributed by atoms with Gasteiger partial charge in [-0.25, -0.2) is 0 Å². The van der Waals surface area contributed by atoms with E-state index in [4.69, 9.17) is 4.74 Å². The van der Waals surface area contributed by atoms with Gasteiger partial charge in [-0.05, 0) is 6.92 Å². The van der Waals surface area contributed by atoms with Crippen LogP contribution in [0.15, 0.2) is 4.99 Å². The molecule has 34 valence electrons. The van der Waals surface area contributed by atoms with E-state index >= 15 is 0 Å². The third-order valence-electron chi connectivity index (χ3n) is 0.730. The van der Waals surface area contributed by atoms with Crippen molar-refractivity contribution >= 4 is 6.40 Å². The van der Waals surface area contributed by atoms with Crippen LogP contribution in [0.1, 0.15) is 6.92 Å². The normalized spacial score (nSPS) is 30.5. The molecule has 0 amide bonds. The minimum Gasteiger partial charge on any atom is -0.479 e. The van der Waals surface area contributed by atoms with Gasteiger partial charge in [0, 0.05) is 0 Å². The highest BCUT2D eigenvalue weighted by atomic mass is 16.5. The molecule has 0 bridgehead atoms. The second kappa shape index (κ2) is 1.29. The molecule has 0 saturated carbocycles. The van der Waals surface area contributed by atoms with E-state index in [0.29, 0.717) is 6.10 Å². The van der Waals surface area contributed by atoms with Crippen molar-refractivity contribution in [1.29, 1.82) is 0 Å². The first kappa shape index (κ1) is 3.65. The van der Waals surface area contributed by atoms with E-state index in [1.54, 1.807) is 0 Å². The smallest absolute Gasteiger partial charge is 0.170 e. The Hall–Kier alpha value is -0.530. The number of rotatable bonds is 0. The first-order valence-electron chi connectivity index (χ1n) is 2.03. The van der Waals surface area contributed by atoms with E-state index in [-0.39, 0.29) is 0 Å². The molecule has 0 spiro atoms. The van der Waals surface area contributed by atoms with Gasteiger partial charge in [-0.2, -0.15) is 0 Å². The quantitative estimate of drug-likeness (QED) is 0.418. The Kier molecular flexibility index (Phi) is 0.783. The standard InChI is InChI=1S/C4H7NO/c1-4-2-5-3-6-4/h3-4H,2H2,1H3/t4-/m0/s1. The monoisotopic (exact) mass is 85.1 g/mol. The fourth-order valence-corrected chi connectivity index (χ4v) is 0.381. The van der Waals surface area contributed by atoms with Gasteiger partial charge in [0.2, 0.25) is 0 Å². The summed E-state index contributed by atoms with van der Waals surface area (Å²) in [6, 6.07) is 0. The van der Waals surface area contributed by atoms with Crippen molar-refractivity contribution in [2.75, 3.05) is 6.54 Å². The average molecular weight is 85.1 g/mol. The van der Waals surface area contributed by atoms with Crippen LogP contribution in [-0.2, 0) is 4.74 Å². The lowest BCUT2D eigenvalue weighted by Crippen LogP contribution is -2.01. The van der Waals surface area contributed by atoms with E-state index < -0.39 is 0 Å². The van der Waals surface area contributed by atoms with Crippen molar-refractivity contribution < 1.29 is 4.74 Å². The van der Waals surface area contributed by atoms with Crippen LogP contribution in [-0.4, -0.2) is 19.0 Å². The maximum atomic E-state index is 4.86. The zero-order valence-electron chi connectivity index (χ0n) is 3.72. The summed E-state index contributed by atoms with van der Waals surface area (Å²) in [5.41, 5.74) is 0. The second-order valence-corrected chi connectivity index (χ2v) is 1.42. The average Bonchev–Trinajstić information content (AvgIpc) is 1.86. The lowest BCUT2D eigenvalue weighted by atomic mass is 10.4. The molecule has 1 aliphatic rings. The minimum atomic E-state index is 0.324. The highest BCUT2D eigenvalue weighted by molar-refractivity contribution is 5.48. The van der Waals surface area contributed by atoms with Crippen LogP contribution in [0.5, 0.6) is 0 Å². The Morgan fingerprint density at radius 2 is 2.83 bits per heavy atom. The van der Waals surface area contributed by atoms with Crippen LogP contribution in [0.4, 0.5) is 0 Å². The van der Waals surface area contributed by atoms with Gasteiger partial charge in [-0.15, -0.1) is 0 Å². The van der Waals surface area contributed by atoms with E-state index in [2.05, 4.69) is 4.99 Å². The molecule has 1 rings (SSSR count). The van der Waals surface area contributed by atoms with Crippen molar-refractivity contribution in [2.45, 2.75) is 13.0 Å². The molecule has 0 radical (unpaired) electrons. The fourth-order valence-electron chi connectivity index (χ4n) is 0.381. The van der Waals surface area contributed by atoms with Crippen molar-refractivity contribution in [3.8, 4) is 0 Å². The van der Waals surface area contributed by atoms with E-state index in [1.165, 1.54) is 6.40 Å². The molecule has 0 aromatic rings. The molecular weight excluding hydrogens is 78.0 g/mol. The Balaban J connectivity index is 2.32. The molecule has 1 aliphatic heterocycles. The van der Waals surface area contributed by atoms with Crippen molar-refractivity contribution in [3.63, 3.8) is 0 Å². The highest BCUT2D eigenvalue weighted by Crippen LogP contribution is 1.93. The van der Waals surface area contributed by atoms with Gasteiger partial charge in [0.05, 0.1) is 6.54 Å². The molecule has 0 saturated heterocycles. The Morgan fingerprint density at radius 1 is 2.00 bits per heavy atom. The number of ether oxygens (including phenoxy) is 1. The third kappa shape index (κ3) is 0.506. The number of aliphatic imine (C=N–C) groups is 1. The Labute approximate surface area is 36.8 Å². The summed E-state index contributed by atoms with van der Waals surface area (Å²) < 4.78 is 4.86. The van der Waals surface area contributed by atoms with Crippen molar-refractivity contribution in [2.24, 2.45) is 4.99 Å². The molecule has 1 heterocycles. The number of hydrogen-bond donors (Lipinski definition) is 0. The predicted molar refractivity (Wildman–Crippen MR) is 23.9 cm³/mol. The molecule has 6 heavy (non-hydrogen) atoms. The molecular formula is C4H7NO. The first-order chi connectivity index (χ1) is 2.89. The van der Waals surface area contributed by atoms with E-state index in [1.807, 2.05) is 6.92 Å². The summed E-state index contributed by atoms with van der Waals surface area (Å²) in [5.74, 6) is 0. The van der Waals surface area contributed by atoms with Gasteiger partial charge >= 0.3 is 0 Å². The van der Waals surface area contributed by atoms with Gasteiger partial charge in [0.15, 0.2) is 6.40 Å². The zero-order valence-corrected chi connectivity index (χ0v) is 3.72. The molecule has 1 atom stereocenters. The summed E-state index contributed by atoms with van der Waals surface area (Å²) >= 11 is 0. The number of nitrogens with zero attached hydrogens (tertiary/aromatic N) is 1. The molecule has 2 nitrogen and oxygen atoms in total. The van der Waals surface area contributed by atoms with Crippen LogP contribution in [0.25, 0.3) is 0 Å². The molecule has 0 aromatic heterocycles. The summed E-state index contributed by atoms with van der Waals surface area (Å²) in [7, 11) is 0. The molecule has 0 unspecified atom stereocenters. The van der Waals surface area contributed by atoms with Crippen LogP contribution < -0.4 is 0 Å². The maximum Gasteiger partial charge on any atom is 0.170 e. The second-order valence-electron chi connectivity index (χ2n) is 1.42. The maximum absolute atomic E-state index is 4.86. The summed E-state index contributed by atoms with van der Waals surface area (Å²) in [6.45, 7) is 2.83. The van der Waals surface area contributed by atoms with Crippen molar-refractivity contribution in [1.82, 2.24) is 0 Å². The summed E-state index contributed by atoms with van der Waals surface area (Å²) in [6.07, 6.45) is 1.83. The zero-order chi connectivity index (χ0) is 4.41. The predicted octanol–water partition coefficient (Wildman–Crippen LogP) is 0.433. The Bertz CT molecular complexity index is 61.9. The molecule has 0 N–H and O–H groups in total. The van der Waals surface area contributed by atoms with Crippen LogP contribution in [0.3, 0.4) is 0 Å². The Morgan fingerprint density at radius 3 is 3.00 bits per heavy atom.